The highest BCUT2D eigenvalue weighted by molar-refractivity contribution is 5.99. The largest absolute Gasteiger partial charge is 0.494 e. The molecule has 0 aliphatic rings. The molecule has 0 saturated heterocycles. The number of furan rings is 1. The number of rotatable bonds is 11. The van der Waals surface area contributed by atoms with Crippen molar-refractivity contribution in [3.8, 4) is 22.8 Å². The van der Waals surface area contributed by atoms with Gasteiger partial charge in [0.15, 0.2) is 0 Å². The summed E-state index contributed by atoms with van der Waals surface area (Å²) in [6.45, 7) is 1.28. The van der Waals surface area contributed by atoms with Crippen LogP contribution in [0, 0.1) is 10.8 Å². The van der Waals surface area contributed by atoms with E-state index in [1.54, 1.807) is 18.2 Å². The maximum atomic E-state index is 7.58. The van der Waals surface area contributed by atoms with Crippen LogP contribution in [0.2, 0.25) is 0 Å². The third kappa shape index (κ3) is 7.41. The number of hydrogen-bond acceptors (Lipinski definition) is 5. The van der Waals surface area contributed by atoms with Crippen molar-refractivity contribution in [1.29, 1.82) is 10.8 Å². The lowest BCUT2D eigenvalue weighted by Gasteiger charge is -2.08. The molecule has 0 spiro atoms. The molecule has 0 atom stereocenters. The molecule has 4 aromatic rings. The summed E-state index contributed by atoms with van der Waals surface area (Å²) in [6, 6.07) is 22.5. The summed E-state index contributed by atoms with van der Waals surface area (Å²) in [5, 5.41) is 15.9. The lowest BCUT2D eigenvalue weighted by atomic mass is 10.1. The molecule has 0 bridgehead atoms. The average molecular weight is 529 g/mol. The summed E-state index contributed by atoms with van der Waals surface area (Å²) in [5.41, 5.74) is 14.1. The Kier molecular flexibility index (Phi) is 10.6. The molecule has 0 unspecified atom stereocenters. The summed E-state index contributed by atoms with van der Waals surface area (Å²) in [4.78, 5) is 0. The first-order valence-electron chi connectivity index (χ1n) is 11.2. The molecular weight excluding hydrogens is 499 g/mol. The number of nitrogen functional groups attached to an aromatic ring is 2. The van der Waals surface area contributed by atoms with Crippen LogP contribution in [-0.4, -0.2) is 24.9 Å². The molecule has 0 aliphatic carbocycles. The van der Waals surface area contributed by atoms with E-state index in [0.29, 0.717) is 24.3 Å². The van der Waals surface area contributed by atoms with E-state index in [4.69, 9.17) is 36.2 Å². The third-order valence-corrected chi connectivity index (χ3v) is 5.46. The first kappa shape index (κ1) is 28.6. The molecule has 1 heterocycles. The van der Waals surface area contributed by atoms with Gasteiger partial charge in [0.1, 0.15) is 34.5 Å². The molecule has 6 N–H and O–H groups in total. The Balaban J connectivity index is 0.00000228. The molecule has 0 amide bonds. The fourth-order valence-corrected chi connectivity index (χ4v) is 3.56. The summed E-state index contributed by atoms with van der Waals surface area (Å²) < 4.78 is 17.5. The van der Waals surface area contributed by atoms with Crippen molar-refractivity contribution < 1.29 is 13.9 Å². The molecule has 7 nitrogen and oxygen atoms in total. The molecule has 4 rings (SSSR count). The second-order valence-electron chi connectivity index (χ2n) is 8.00. The molecular formula is C27H30Cl2N4O3. The van der Waals surface area contributed by atoms with Gasteiger partial charge >= 0.3 is 0 Å². The van der Waals surface area contributed by atoms with Gasteiger partial charge in [-0.3, -0.25) is 10.8 Å². The van der Waals surface area contributed by atoms with Crippen molar-refractivity contribution in [3.05, 3.63) is 83.9 Å². The first-order valence-corrected chi connectivity index (χ1v) is 11.2. The molecule has 0 fully saturated rings. The number of fused-ring (bicyclic) bond motifs is 1. The highest BCUT2D eigenvalue weighted by Crippen LogP contribution is 2.29. The minimum Gasteiger partial charge on any atom is -0.494 e. The quantitative estimate of drug-likeness (QED) is 0.105. The van der Waals surface area contributed by atoms with Crippen molar-refractivity contribution in [2.45, 2.75) is 19.3 Å². The number of amidine groups is 2. The van der Waals surface area contributed by atoms with E-state index < -0.39 is 0 Å². The lowest BCUT2D eigenvalue weighted by molar-refractivity contribution is 0.279. The van der Waals surface area contributed by atoms with Crippen LogP contribution in [0.3, 0.4) is 0 Å². The minimum absolute atomic E-state index is 0. The van der Waals surface area contributed by atoms with Crippen molar-refractivity contribution in [3.63, 3.8) is 0 Å². The van der Waals surface area contributed by atoms with Crippen LogP contribution < -0.4 is 20.9 Å². The van der Waals surface area contributed by atoms with Crippen LogP contribution >= 0.6 is 24.8 Å². The lowest BCUT2D eigenvalue weighted by Crippen LogP contribution is -2.10. The van der Waals surface area contributed by atoms with Crippen LogP contribution in [0.4, 0.5) is 0 Å². The highest BCUT2D eigenvalue weighted by Gasteiger charge is 2.08. The standard InChI is InChI=1S/C27H28N4O3.2ClH/c28-26(29)19-6-11-23(12-7-19)33-15-3-1-2-14-32-22-9-4-18(5-10-22)25-17-21-16-20(27(30)31)8-13-24(21)34-25;;/h4-13,16-17H,1-3,14-15H2,(H3,28,29)(H3,30,31);2*1H. The average Bonchev–Trinajstić information content (AvgIpc) is 3.27. The van der Waals surface area contributed by atoms with E-state index in [-0.39, 0.29) is 36.5 Å². The van der Waals surface area contributed by atoms with E-state index >= 15 is 0 Å². The smallest absolute Gasteiger partial charge is 0.135 e. The number of unbranched alkanes of at least 4 members (excludes halogenated alkanes) is 2. The number of hydrogen-bond donors (Lipinski definition) is 4. The predicted molar refractivity (Wildman–Crippen MR) is 149 cm³/mol. The van der Waals surface area contributed by atoms with E-state index in [1.165, 1.54) is 0 Å². The van der Waals surface area contributed by atoms with Crippen LogP contribution in [0.5, 0.6) is 11.5 Å². The van der Waals surface area contributed by atoms with E-state index in [1.807, 2.05) is 54.6 Å². The molecule has 0 aliphatic heterocycles. The fourth-order valence-electron chi connectivity index (χ4n) is 3.56. The second kappa shape index (κ2) is 13.4. The molecule has 1 aromatic heterocycles. The topological polar surface area (TPSA) is 131 Å². The fraction of sp³-hybridized carbons (Fsp3) is 0.185. The van der Waals surface area contributed by atoms with Crippen LogP contribution in [0.25, 0.3) is 22.3 Å². The Morgan fingerprint density at radius 1 is 0.667 bits per heavy atom. The van der Waals surface area contributed by atoms with Crippen LogP contribution in [-0.2, 0) is 0 Å². The maximum absolute atomic E-state index is 7.58. The maximum Gasteiger partial charge on any atom is 0.135 e. The monoisotopic (exact) mass is 528 g/mol. The van der Waals surface area contributed by atoms with E-state index in [2.05, 4.69) is 0 Å². The second-order valence-corrected chi connectivity index (χ2v) is 8.00. The van der Waals surface area contributed by atoms with Gasteiger partial charge in [-0.1, -0.05) is 0 Å². The number of halogens is 2. The van der Waals surface area contributed by atoms with E-state index in [0.717, 1.165) is 53.1 Å². The molecule has 3 aromatic carbocycles. The van der Waals surface area contributed by atoms with Gasteiger partial charge < -0.3 is 25.4 Å². The van der Waals surface area contributed by atoms with Gasteiger partial charge in [0.25, 0.3) is 0 Å². The van der Waals surface area contributed by atoms with Gasteiger partial charge in [-0.15, -0.1) is 24.8 Å². The summed E-state index contributed by atoms with van der Waals surface area (Å²) in [5.74, 6) is 2.46. The molecule has 190 valence electrons. The number of ether oxygens (including phenoxy) is 2. The van der Waals surface area contributed by atoms with Gasteiger partial charge in [0, 0.05) is 22.1 Å². The van der Waals surface area contributed by atoms with Crippen molar-refractivity contribution in [2.75, 3.05) is 13.2 Å². The molecule has 0 radical (unpaired) electrons. The van der Waals surface area contributed by atoms with Crippen molar-refractivity contribution >= 4 is 47.5 Å². The Hall–Kier alpha value is -3.68. The molecule has 9 heteroatoms. The number of benzene rings is 3. The Morgan fingerprint density at radius 2 is 1.19 bits per heavy atom. The number of nitrogens with one attached hydrogen (secondary N) is 2. The third-order valence-electron chi connectivity index (χ3n) is 5.46. The summed E-state index contributed by atoms with van der Waals surface area (Å²) in [6.07, 6.45) is 2.88. The van der Waals surface area contributed by atoms with Crippen LogP contribution in [0.15, 0.2) is 77.2 Å². The van der Waals surface area contributed by atoms with Gasteiger partial charge in [-0.05, 0) is 92.1 Å². The molecule has 0 saturated carbocycles. The van der Waals surface area contributed by atoms with Crippen LogP contribution in [0.1, 0.15) is 30.4 Å². The van der Waals surface area contributed by atoms with Gasteiger partial charge in [-0.2, -0.15) is 0 Å². The van der Waals surface area contributed by atoms with Gasteiger partial charge in [0.2, 0.25) is 0 Å². The summed E-state index contributed by atoms with van der Waals surface area (Å²) >= 11 is 0. The Bertz CT molecular complexity index is 1290. The normalized spacial score (nSPS) is 10.2. The zero-order valence-corrected chi connectivity index (χ0v) is 21.3. The first-order chi connectivity index (χ1) is 16.5. The van der Waals surface area contributed by atoms with Crippen molar-refractivity contribution in [2.24, 2.45) is 11.5 Å². The summed E-state index contributed by atoms with van der Waals surface area (Å²) in [7, 11) is 0. The van der Waals surface area contributed by atoms with Gasteiger partial charge in [-0.25, -0.2) is 0 Å². The Morgan fingerprint density at radius 3 is 1.75 bits per heavy atom. The predicted octanol–water partition coefficient (Wildman–Crippen LogP) is 6.14. The number of nitrogens with two attached hydrogens (primary N) is 2. The van der Waals surface area contributed by atoms with Gasteiger partial charge in [0.05, 0.1) is 13.2 Å². The van der Waals surface area contributed by atoms with E-state index in [9.17, 15) is 0 Å². The highest BCUT2D eigenvalue weighted by atomic mass is 35.5. The Labute approximate surface area is 222 Å². The zero-order chi connectivity index (χ0) is 23.9. The van der Waals surface area contributed by atoms with Crippen molar-refractivity contribution in [1.82, 2.24) is 0 Å². The minimum atomic E-state index is 0. The molecule has 36 heavy (non-hydrogen) atoms. The zero-order valence-electron chi connectivity index (χ0n) is 19.7. The SMILES string of the molecule is Cl.Cl.N=C(N)c1ccc(OCCCCCOc2ccc(-c3cc4cc(C(=N)N)ccc4o3)cc2)cc1.